The number of carbonyl (C=O) groups is 1. The molecule has 4 heteroatoms. The predicted molar refractivity (Wildman–Crippen MR) is 91.0 cm³/mol. The summed E-state index contributed by atoms with van der Waals surface area (Å²) in [7, 11) is 4.00. The highest BCUT2D eigenvalue weighted by Crippen LogP contribution is 2.13. The van der Waals surface area contributed by atoms with E-state index in [1.807, 2.05) is 74.4 Å². The SMILES string of the molecule is CC(NC(=O)NCc1cccc(N(C)C)c1)c1ccccc1. The first-order valence-corrected chi connectivity index (χ1v) is 7.42. The van der Waals surface area contributed by atoms with Crippen LogP contribution in [0.5, 0.6) is 0 Å². The molecule has 0 aliphatic rings. The molecule has 2 amide bonds. The van der Waals surface area contributed by atoms with Gasteiger partial charge in [0.2, 0.25) is 0 Å². The third-order valence-electron chi connectivity index (χ3n) is 3.53. The first-order chi connectivity index (χ1) is 10.6. The molecular formula is C18H23N3O. The fourth-order valence-electron chi connectivity index (χ4n) is 2.20. The van der Waals surface area contributed by atoms with Gasteiger partial charge in [0, 0.05) is 26.3 Å². The Morgan fingerprint density at radius 2 is 1.82 bits per heavy atom. The second kappa shape index (κ2) is 7.50. The molecule has 0 spiro atoms. The number of rotatable bonds is 5. The van der Waals surface area contributed by atoms with Crippen molar-refractivity contribution >= 4 is 11.7 Å². The van der Waals surface area contributed by atoms with Crippen LogP contribution in [-0.4, -0.2) is 20.1 Å². The summed E-state index contributed by atoms with van der Waals surface area (Å²) in [6, 6.07) is 17.9. The number of carbonyl (C=O) groups excluding carboxylic acids is 1. The first kappa shape index (κ1) is 15.9. The van der Waals surface area contributed by atoms with Crippen molar-refractivity contribution in [3.05, 3.63) is 65.7 Å². The fraction of sp³-hybridized carbons (Fsp3) is 0.278. The van der Waals surface area contributed by atoms with Crippen molar-refractivity contribution in [2.45, 2.75) is 19.5 Å². The highest BCUT2D eigenvalue weighted by molar-refractivity contribution is 5.74. The smallest absolute Gasteiger partial charge is 0.315 e. The lowest BCUT2D eigenvalue weighted by Gasteiger charge is -2.16. The molecule has 1 atom stereocenters. The van der Waals surface area contributed by atoms with Crippen LogP contribution in [0.2, 0.25) is 0 Å². The van der Waals surface area contributed by atoms with E-state index in [1.54, 1.807) is 0 Å². The maximum absolute atomic E-state index is 12.0. The van der Waals surface area contributed by atoms with Crippen LogP contribution in [0.1, 0.15) is 24.1 Å². The molecule has 22 heavy (non-hydrogen) atoms. The van der Waals surface area contributed by atoms with Crippen molar-refractivity contribution in [2.75, 3.05) is 19.0 Å². The third-order valence-corrected chi connectivity index (χ3v) is 3.53. The molecular weight excluding hydrogens is 274 g/mol. The second-order valence-electron chi connectivity index (χ2n) is 5.52. The number of benzene rings is 2. The number of amides is 2. The van der Waals surface area contributed by atoms with E-state index in [0.29, 0.717) is 6.54 Å². The van der Waals surface area contributed by atoms with Crippen LogP contribution in [0.4, 0.5) is 10.5 Å². The number of hydrogen-bond acceptors (Lipinski definition) is 2. The average molecular weight is 297 g/mol. The van der Waals surface area contributed by atoms with Gasteiger partial charge >= 0.3 is 6.03 Å². The van der Waals surface area contributed by atoms with Crippen molar-refractivity contribution in [2.24, 2.45) is 0 Å². The van der Waals surface area contributed by atoms with Gasteiger partial charge in [-0.15, -0.1) is 0 Å². The van der Waals surface area contributed by atoms with Gasteiger partial charge in [-0.05, 0) is 30.2 Å². The molecule has 0 bridgehead atoms. The van der Waals surface area contributed by atoms with Crippen molar-refractivity contribution in [1.82, 2.24) is 10.6 Å². The molecule has 0 fully saturated rings. The van der Waals surface area contributed by atoms with Gasteiger partial charge in [-0.1, -0.05) is 42.5 Å². The van der Waals surface area contributed by atoms with E-state index in [2.05, 4.69) is 16.7 Å². The van der Waals surface area contributed by atoms with E-state index in [1.165, 1.54) is 0 Å². The third kappa shape index (κ3) is 4.52. The number of anilines is 1. The van der Waals surface area contributed by atoms with Crippen LogP contribution in [0.3, 0.4) is 0 Å². The zero-order valence-corrected chi connectivity index (χ0v) is 13.3. The first-order valence-electron chi connectivity index (χ1n) is 7.42. The Labute approximate surface area is 132 Å². The Bertz CT molecular complexity index is 611. The predicted octanol–water partition coefficient (Wildman–Crippen LogP) is 3.31. The summed E-state index contributed by atoms with van der Waals surface area (Å²) in [4.78, 5) is 14.0. The molecule has 2 rings (SSSR count). The van der Waals surface area contributed by atoms with Gasteiger partial charge < -0.3 is 15.5 Å². The van der Waals surface area contributed by atoms with Crippen molar-refractivity contribution in [1.29, 1.82) is 0 Å². The normalized spacial score (nSPS) is 11.6. The van der Waals surface area contributed by atoms with Gasteiger partial charge in [-0.2, -0.15) is 0 Å². The van der Waals surface area contributed by atoms with Crippen molar-refractivity contribution in [3.8, 4) is 0 Å². The molecule has 0 radical (unpaired) electrons. The molecule has 0 saturated heterocycles. The standard InChI is InChI=1S/C18H23N3O/c1-14(16-9-5-4-6-10-16)20-18(22)19-13-15-8-7-11-17(12-15)21(2)3/h4-12,14H,13H2,1-3H3,(H2,19,20,22). The van der Waals surface area contributed by atoms with Crippen molar-refractivity contribution < 1.29 is 4.79 Å². The Hall–Kier alpha value is -2.49. The Balaban J connectivity index is 1.86. The van der Waals surface area contributed by atoms with E-state index >= 15 is 0 Å². The van der Waals surface area contributed by atoms with Crippen LogP contribution < -0.4 is 15.5 Å². The zero-order valence-electron chi connectivity index (χ0n) is 13.3. The average Bonchev–Trinajstić information content (AvgIpc) is 2.54. The van der Waals surface area contributed by atoms with E-state index in [-0.39, 0.29) is 12.1 Å². The molecule has 2 aromatic carbocycles. The van der Waals surface area contributed by atoms with Crippen LogP contribution in [0, 0.1) is 0 Å². The molecule has 2 aromatic rings. The Morgan fingerprint density at radius 1 is 1.09 bits per heavy atom. The highest BCUT2D eigenvalue weighted by atomic mass is 16.2. The molecule has 0 aliphatic carbocycles. The van der Waals surface area contributed by atoms with Gasteiger partial charge in [0.05, 0.1) is 6.04 Å². The molecule has 0 heterocycles. The van der Waals surface area contributed by atoms with Crippen LogP contribution in [-0.2, 0) is 6.54 Å². The maximum Gasteiger partial charge on any atom is 0.315 e. The summed E-state index contributed by atoms with van der Waals surface area (Å²) in [6.07, 6.45) is 0. The molecule has 4 nitrogen and oxygen atoms in total. The lowest BCUT2D eigenvalue weighted by atomic mass is 10.1. The summed E-state index contributed by atoms with van der Waals surface area (Å²) < 4.78 is 0. The highest BCUT2D eigenvalue weighted by Gasteiger charge is 2.08. The summed E-state index contributed by atoms with van der Waals surface area (Å²) in [6.45, 7) is 2.48. The van der Waals surface area contributed by atoms with Gasteiger partial charge in [0.1, 0.15) is 0 Å². The quantitative estimate of drug-likeness (QED) is 0.889. The number of nitrogens with zero attached hydrogens (tertiary/aromatic N) is 1. The zero-order chi connectivity index (χ0) is 15.9. The van der Waals surface area contributed by atoms with Gasteiger partial charge in [-0.25, -0.2) is 4.79 Å². The minimum Gasteiger partial charge on any atom is -0.378 e. The largest absolute Gasteiger partial charge is 0.378 e. The molecule has 0 aliphatic heterocycles. The Kier molecular flexibility index (Phi) is 5.42. The summed E-state index contributed by atoms with van der Waals surface area (Å²) in [5.41, 5.74) is 3.29. The summed E-state index contributed by atoms with van der Waals surface area (Å²) >= 11 is 0. The topological polar surface area (TPSA) is 44.4 Å². The summed E-state index contributed by atoms with van der Waals surface area (Å²) in [5.74, 6) is 0. The monoisotopic (exact) mass is 297 g/mol. The number of nitrogens with one attached hydrogen (secondary N) is 2. The Morgan fingerprint density at radius 3 is 2.50 bits per heavy atom. The maximum atomic E-state index is 12.0. The van der Waals surface area contributed by atoms with Crippen LogP contribution >= 0.6 is 0 Å². The lowest BCUT2D eigenvalue weighted by molar-refractivity contribution is 0.237. The van der Waals surface area contributed by atoms with Gasteiger partial charge in [0.25, 0.3) is 0 Å². The van der Waals surface area contributed by atoms with E-state index in [9.17, 15) is 4.79 Å². The minimum atomic E-state index is -0.161. The van der Waals surface area contributed by atoms with Crippen LogP contribution in [0.15, 0.2) is 54.6 Å². The van der Waals surface area contributed by atoms with Gasteiger partial charge in [-0.3, -0.25) is 0 Å². The van der Waals surface area contributed by atoms with E-state index < -0.39 is 0 Å². The molecule has 116 valence electrons. The van der Waals surface area contributed by atoms with E-state index in [0.717, 1.165) is 16.8 Å². The van der Waals surface area contributed by atoms with Gasteiger partial charge in [0.15, 0.2) is 0 Å². The molecule has 0 saturated carbocycles. The fourth-order valence-corrected chi connectivity index (χ4v) is 2.20. The minimum absolute atomic E-state index is 0.0192. The number of hydrogen-bond donors (Lipinski definition) is 2. The van der Waals surface area contributed by atoms with Crippen LogP contribution in [0.25, 0.3) is 0 Å². The molecule has 2 N–H and O–H groups in total. The van der Waals surface area contributed by atoms with Crippen molar-refractivity contribution in [3.63, 3.8) is 0 Å². The molecule has 1 unspecified atom stereocenters. The molecule has 0 aromatic heterocycles. The second-order valence-corrected chi connectivity index (χ2v) is 5.52. The van der Waals surface area contributed by atoms with E-state index in [4.69, 9.17) is 0 Å². The lowest BCUT2D eigenvalue weighted by Crippen LogP contribution is -2.36. The number of urea groups is 1. The summed E-state index contributed by atoms with van der Waals surface area (Å²) in [5, 5.41) is 5.84.